The lowest BCUT2D eigenvalue weighted by molar-refractivity contribution is 0.793. The van der Waals surface area contributed by atoms with Crippen LogP contribution in [0, 0.1) is 0 Å². The summed E-state index contributed by atoms with van der Waals surface area (Å²) in [4.78, 5) is 8.23. The van der Waals surface area contributed by atoms with E-state index in [1.165, 1.54) is 0 Å². The third-order valence-corrected chi connectivity index (χ3v) is 3.71. The molecule has 7 heteroatoms. The van der Waals surface area contributed by atoms with Crippen LogP contribution in [0.25, 0.3) is 0 Å². The minimum atomic E-state index is 0. The van der Waals surface area contributed by atoms with E-state index in [1.807, 2.05) is 30.3 Å². The van der Waals surface area contributed by atoms with Crippen LogP contribution in [0.2, 0.25) is 10.2 Å². The van der Waals surface area contributed by atoms with Crippen molar-refractivity contribution in [2.45, 2.75) is 13.0 Å². The van der Waals surface area contributed by atoms with Gasteiger partial charge >= 0.3 is 0 Å². The van der Waals surface area contributed by atoms with Crippen molar-refractivity contribution in [2.75, 3.05) is 13.6 Å². The van der Waals surface area contributed by atoms with Gasteiger partial charge in [0.25, 0.3) is 0 Å². The Balaban J connectivity index is 0.00000264. The molecule has 1 heterocycles. The average molecular weight is 465 g/mol. The first-order valence-corrected chi connectivity index (χ1v) is 7.73. The molecule has 23 heavy (non-hydrogen) atoms. The minimum absolute atomic E-state index is 0. The molecule has 4 nitrogen and oxygen atoms in total. The smallest absolute Gasteiger partial charge is 0.191 e. The van der Waals surface area contributed by atoms with Gasteiger partial charge in [-0.05, 0) is 29.7 Å². The van der Waals surface area contributed by atoms with Crippen molar-refractivity contribution in [1.29, 1.82) is 0 Å². The molecular formula is C16H19Cl2IN4. The third kappa shape index (κ3) is 6.93. The van der Waals surface area contributed by atoms with E-state index in [0.717, 1.165) is 35.1 Å². The second-order valence-electron chi connectivity index (χ2n) is 4.68. The Hall–Kier alpha value is -1.05. The van der Waals surface area contributed by atoms with Crippen LogP contribution in [0.1, 0.15) is 11.1 Å². The molecule has 0 saturated heterocycles. The van der Waals surface area contributed by atoms with Crippen molar-refractivity contribution in [3.05, 3.63) is 63.9 Å². The summed E-state index contributed by atoms with van der Waals surface area (Å²) in [7, 11) is 1.74. The molecule has 124 valence electrons. The molecule has 0 saturated carbocycles. The highest BCUT2D eigenvalue weighted by Gasteiger charge is 2.01. The molecule has 0 radical (unpaired) electrons. The summed E-state index contributed by atoms with van der Waals surface area (Å²) in [5.74, 6) is 0.738. The molecule has 1 aromatic heterocycles. The summed E-state index contributed by atoms with van der Waals surface area (Å²) in [5.41, 5.74) is 2.16. The van der Waals surface area contributed by atoms with Gasteiger partial charge in [-0.1, -0.05) is 47.5 Å². The highest BCUT2D eigenvalue weighted by Crippen LogP contribution is 2.14. The van der Waals surface area contributed by atoms with Crippen molar-refractivity contribution < 1.29 is 0 Å². The molecule has 0 aliphatic carbocycles. The van der Waals surface area contributed by atoms with Crippen LogP contribution in [0.15, 0.2) is 47.6 Å². The summed E-state index contributed by atoms with van der Waals surface area (Å²) >= 11 is 11.9. The molecule has 0 atom stereocenters. The van der Waals surface area contributed by atoms with E-state index in [-0.39, 0.29) is 24.0 Å². The Morgan fingerprint density at radius 3 is 2.57 bits per heavy atom. The zero-order valence-corrected chi connectivity index (χ0v) is 16.6. The monoisotopic (exact) mass is 464 g/mol. The average Bonchev–Trinajstić information content (AvgIpc) is 2.54. The number of nitrogens with one attached hydrogen (secondary N) is 2. The predicted octanol–water partition coefficient (Wildman–Crippen LogP) is 3.91. The highest BCUT2D eigenvalue weighted by atomic mass is 127. The molecule has 0 spiro atoms. The first-order valence-electron chi connectivity index (χ1n) is 6.97. The van der Waals surface area contributed by atoms with E-state index in [4.69, 9.17) is 23.2 Å². The zero-order chi connectivity index (χ0) is 15.8. The molecule has 1 aromatic carbocycles. The second-order valence-corrected chi connectivity index (χ2v) is 5.48. The minimum Gasteiger partial charge on any atom is -0.356 e. The fraction of sp³-hybridized carbons (Fsp3) is 0.250. The van der Waals surface area contributed by atoms with Crippen LogP contribution in [0.4, 0.5) is 0 Å². The number of halogens is 3. The normalized spacial score (nSPS) is 10.8. The van der Waals surface area contributed by atoms with E-state index in [1.54, 1.807) is 19.3 Å². The number of nitrogens with zero attached hydrogens (tertiary/aromatic N) is 2. The predicted molar refractivity (Wildman–Crippen MR) is 108 cm³/mol. The molecule has 0 bridgehead atoms. The Morgan fingerprint density at radius 1 is 1.13 bits per heavy atom. The highest BCUT2D eigenvalue weighted by molar-refractivity contribution is 14.0. The number of hydrogen-bond donors (Lipinski definition) is 2. The SMILES string of the molecule is CN=C(NCCc1ccccc1Cl)NCc1ccc(Cl)nc1.I. The van der Waals surface area contributed by atoms with Crippen LogP contribution >= 0.6 is 47.2 Å². The van der Waals surface area contributed by atoms with E-state index in [2.05, 4.69) is 20.6 Å². The van der Waals surface area contributed by atoms with Gasteiger partial charge in [0.05, 0.1) is 0 Å². The first kappa shape index (κ1) is 20.0. The number of hydrogen-bond acceptors (Lipinski definition) is 2. The van der Waals surface area contributed by atoms with Gasteiger partial charge in [-0.3, -0.25) is 4.99 Å². The molecule has 0 aliphatic rings. The molecule has 2 aromatic rings. The largest absolute Gasteiger partial charge is 0.356 e. The van der Waals surface area contributed by atoms with Crippen LogP contribution < -0.4 is 10.6 Å². The van der Waals surface area contributed by atoms with Crippen LogP contribution in [0.3, 0.4) is 0 Å². The standard InChI is InChI=1S/C16H18Cl2N4.HI/c1-19-16(22-11-12-6-7-15(18)21-10-12)20-9-8-13-4-2-3-5-14(13)17;/h2-7,10H,8-9,11H2,1H3,(H2,19,20,22);1H. The Labute approximate surface area is 163 Å². The van der Waals surface area contributed by atoms with Gasteiger partial charge in [0, 0.05) is 31.4 Å². The lowest BCUT2D eigenvalue weighted by atomic mass is 10.1. The van der Waals surface area contributed by atoms with Crippen molar-refractivity contribution in [1.82, 2.24) is 15.6 Å². The van der Waals surface area contributed by atoms with Crippen LogP contribution in [0.5, 0.6) is 0 Å². The number of aliphatic imine (C=N–C) groups is 1. The van der Waals surface area contributed by atoms with Gasteiger partial charge in [-0.15, -0.1) is 24.0 Å². The van der Waals surface area contributed by atoms with Gasteiger partial charge in [-0.25, -0.2) is 4.98 Å². The first-order chi connectivity index (χ1) is 10.7. The van der Waals surface area contributed by atoms with E-state index in [9.17, 15) is 0 Å². The summed E-state index contributed by atoms with van der Waals surface area (Å²) in [6.45, 7) is 1.39. The molecule has 0 amide bonds. The molecule has 0 aliphatic heterocycles. The summed E-state index contributed by atoms with van der Waals surface area (Å²) in [5, 5.41) is 7.77. The van der Waals surface area contributed by atoms with Gasteiger partial charge in [-0.2, -0.15) is 0 Å². The number of aromatic nitrogens is 1. The Bertz CT molecular complexity index is 632. The van der Waals surface area contributed by atoms with E-state index < -0.39 is 0 Å². The fourth-order valence-electron chi connectivity index (χ4n) is 1.93. The third-order valence-electron chi connectivity index (χ3n) is 3.12. The summed E-state index contributed by atoms with van der Waals surface area (Å²) in [6, 6.07) is 11.5. The maximum absolute atomic E-state index is 6.14. The van der Waals surface area contributed by atoms with E-state index >= 15 is 0 Å². The van der Waals surface area contributed by atoms with Crippen LogP contribution in [-0.4, -0.2) is 24.5 Å². The van der Waals surface area contributed by atoms with Gasteiger partial charge in [0.1, 0.15) is 5.15 Å². The van der Waals surface area contributed by atoms with Crippen molar-refractivity contribution >= 4 is 53.1 Å². The van der Waals surface area contributed by atoms with E-state index in [0.29, 0.717) is 11.7 Å². The lowest BCUT2D eigenvalue weighted by Gasteiger charge is -2.12. The lowest BCUT2D eigenvalue weighted by Crippen LogP contribution is -2.37. The van der Waals surface area contributed by atoms with Crippen molar-refractivity contribution in [2.24, 2.45) is 4.99 Å². The number of guanidine groups is 1. The molecule has 0 unspecified atom stereocenters. The molecular weight excluding hydrogens is 446 g/mol. The fourth-order valence-corrected chi connectivity index (χ4v) is 2.28. The molecule has 2 N–H and O–H groups in total. The maximum atomic E-state index is 6.14. The van der Waals surface area contributed by atoms with Crippen molar-refractivity contribution in [3.8, 4) is 0 Å². The van der Waals surface area contributed by atoms with Crippen LogP contribution in [-0.2, 0) is 13.0 Å². The Kier molecular flexibility index (Phi) is 9.28. The quantitative estimate of drug-likeness (QED) is 0.305. The topological polar surface area (TPSA) is 49.3 Å². The zero-order valence-electron chi connectivity index (χ0n) is 12.7. The second kappa shape index (κ2) is 10.7. The number of rotatable bonds is 5. The molecule has 0 fully saturated rings. The van der Waals surface area contributed by atoms with Gasteiger partial charge in [0.2, 0.25) is 0 Å². The molecule has 2 rings (SSSR count). The van der Waals surface area contributed by atoms with Gasteiger partial charge < -0.3 is 10.6 Å². The Morgan fingerprint density at radius 2 is 1.91 bits per heavy atom. The number of pyridine rings is 1. The van der Waals surface area contributed by atoms with Crippen molar-refractivity contribution in [3.63, 3.8) is 0 Å². The number of benzene rings is 1. The summed E-state index contributed by atoms with van der Waals surface area (Å²) < 4.78 is 0. The maximum Gasteiger partial charge on any atom is 0.191 e. The summed E-state index contributed by atoms with van der Waals surface area (Å²) in [6.07, 6.45) is 2.58. The van der Waals surface area contributed by atoms with Gasteiger partial charge in [0.15, 0.2) is 5.96 Å².